The standard InChI is InChI=1S/C15H18N4O2S/c20-15-5-12-10-22-4-2-14(12)16-19(15)8-11-6-18(7-11)9-13-1-3-21-17-13/h1,3,5,11H,2,4,6-10H2. The number of hydrogen-bond donors (Lipinski definition) is 0. The van der Waals surface area contributed by atoms with Crippen LogP contribution in [0.15, 0.2) is 27.7 Å². The van der Waals surface area contributed by atoms with Gasteiger partial charge in [0.05, 0.1) is 17.9 Å². The van der Waals surface area contributed by atoms with Gasteiger partial charge in [0, 0.05) is 49.9 Å². The molecular weight excluding hydrogens is 300 g/mol. The van der Waals surface area contributed by atoms with Gasteiger partial charge in [0.25, 0.3) is 5.56 Å². The summed E-state index contributed by atoms with van der Waals surface area (Å²) in [6, 6.07) is 3.67. The highest BCUT2D eigenvalue weighted by atomic mass is 32.2. The van der Waals surface area contributed by atoms with Crippen LogP contribution in [0.4, 0.5) is 0 Å². The van der Waals surface area contributed by atoms with E-state index in [4.69, 9.17) is 4.52 Å². The van der Waals surface area contributed by atoms with Crippen LogP contribution in [0.1, 0.15) is 17.0 Å². The number of thioether (sulfide) groups is 1. The lowest BCUT2D eigenvalue weighted by molar-refractivity contribution is 0.0742. The molecule has 4 rings (SSSR count). The zero-order valence-electron chi connectivity index (χ0n) is 12.3. The van der Waals surface area contributed by atoms with Gasteiger partial charge in [-0.3, -0.25) is 9.69 Å². The van der Waals surface area contributed by atoms with E-state index < -0.39 is 0 Å². The van der Waals surface area contributed by atoms with Crippen molar-refractivity contribution in [2.45, 2.75) is 25.3 Å². The van der Waals surface area contributed by atoms with E-state index in [1.54, 1.807) is 17.0 Å². The van der Waals surface area contributed by atoms with Crippen molar-refractivity contribution in [2.24, 2.45) is 5.92 Å². The average Bonchev–Trinajstić information content (AvgIpc) is 2.98. The summed E-state index contributed by atoms with van der Waals surface area (Å²) in [5.41, 5.74) is 3.23. The number of hydrogen-bond acceptors (Lipinski definition) is 6. The minimum atomic E-state index is 0.0381. The lowest BCUT2D eigenvalue weighted by atomic mass is 10.00. The zero-order chi connectivity index (χ0) is 14.9. The van der Waals surface area contributed by atoms with Crippen LogP contribution in [-0.4, -0.2) is 38.7 Å². The first kappa shape index (κ1) is 14.0. The van der Waals surface area contributed by atoms with Crippen molar-refractivity contribution in [1.82, 2.24) is 19.8 Å². The second kappa shape index (κ2) is 5.89. The summed E-state index contributed by atoms with van der Waals surface area (Å²) >= 11 is 1.88. The van der Waals surface area contributed by atoms with Crippen molar-refractivity contribution in [3.63, 3.8) is 0 Å². The Morgan fingerprint density at radius 1 is 1.41 bits per heavy atom. The number of aryl methyl sites for hydroxylation is 1. The highest BCUT2D eigenvalue weighted by Crippen LogP contribution is 2.22. The van der Waals surface area contributed by atoms with Crippen molar-refractivity contribution in [1.29, 1.82) is 0 Å². The minimum absolute atomic E-state index is 0.0381. The topological polar surface area (TPSA) is 64.2 Å². The molecule has 1 saturated heterocycles. The molecule has 0 saturated carbocycles. The number of fused-ring (bicyclic) bond motifs is 1. The van der Waals surface area contributed by atoms with Crippen LogP contribution in [0.5, 0.6) is 0 Å². The fraction of sp³-hybridized carbons (Fsp3) is 0.533. The van der Waals surface area contributed by atoms with E-state index >= 15 is 0 Å². The van der Waals surface area contributed by atoms with Gasteiger partial charge in [0.15, 0.2) is 0 Å². The van der Waals surface area contributed by atoms with Crippen molar-refractivity contribution in [2.75, 3.05) is 18.8 Å². The molecular formula is C15H18N4O2S. The van der Waals surface area contributed by atoms with Gasteiger partial charge in [-0.15, -0.1) is 0 Å². The Hall–Kier alpha value is -1.60. The van der Waals surface area contributed by atoms with E-state index in [-0.39, 0.29) is 5.56 Å². The number of aromatic nitrogens is 3. The van der Waals surface area contributed by atoms with Crippen molar-refractivity contribution in [3.8, 4) is 0 Å². The molecule has 2 aromatic heterocycles. The molecule has 7 heteroatoms. The van der Waals surface area contributed by atoms with E-state index in [0.29, 0.717) is 12.5 Å². The monoisotopic (exact) mass is 318 g/mol. The molecule has 0 aliphatic carbocycles. The largest absolute Gasteiger partial charge is 0.364 e. The first-order chi connectivity index (χ1) is 10.8. The zero-order valence-corrected chi connectivity index (χ0v) is 13.1. The molecule has 2 aliphatic heterocycles. The molecule has 0 N–H and O–H groups in total. The first-order valence-electron chi connectivity index (χ1n) is 7.57. The summed E-state index contributed by atoms with van der Waals surface area (Å²) < 4.78 is 6.50. The van der Waals surface area contributed by atoms with Gasteiger partial charge in [0.2, 0.25) is 0 Å². The smallest absolute Gasteiger partial charge is 0.267 e. The van der Waals surface area contributed by atoms with Gasteiger partial charge < -0.3 is 4.52 Å². The summed E-state index contributed by atoms with van der Waals surface area (Å²) in [5, 5.41) is 8.50. The van der Waals surface area contributed by atoms with Crippen molar-refractivity contribution < 1.29 is 4.52 Å². The molecule has 1 fully saturated rings. The molecule has 0 spiro atoms. The third kappa shape index (κ3) is 2.83. The normalized spacial score (nSPS) is 18.9. The summed E-state index contributed by atoms with van der Waals surface area (Å²) in [6.45, 7) is 3.49. The maximum atomic E-state index is 12.2. The molecule has 6 nitrogen and oxygen atoms in total. The van der Waals surface area contributed by atoms with Crippen molar-refractivity contribution in [3.05, 3.63) is 45.7 Å². The van der Waals surface area contributed by atoms with Crippen LogP contribution >= 0.6 is 11.8 Å². The average molecular weight is 318 g/mol. The molecule has 0 aromatic carbocycles. The number of rotatable bonds is 4. The maximum absolute atomic E-state index is 12.2. The highest BCUT2D eigenvalue weighted by Gasteiger charge is 2.28. The van der Waals surface area contributed by atoms with E-state index in [2.05, 4.69) is 15.2 Å². The quantitative estimate of drug-likeness (QED) is 0.843. The molecule has 0 amide bonds. The van der Waals surface area contributed by atoms with Crippen LogP contribution in [0.2, 0.25) is 0 Å². The molecule has 2 aliphatic rings. The fourth-order valence-electron chi connectivity index (χ4n) is 3.10. The Labute approximate surface area is 132 Å². The van der Waals surface area contributed by atoms with Crippen molar-refractivity contribution >= 4 is 11.8 Å². The third-order valence-electron chi connectivity index (χ3n) is 4.25. The maximum Gasteiger partial charge on any atom is 0.267 e. The number of likely N-dealkylation sites (tertiary alicyclic amines) is 1. The Bertz CT molecular complexity index is 707. The van der Waals surface area contributed by atoms with Gasteiger partial charge in [-0.2, -0.15) is 16.9 Å². The van der Waals surface area contributed by atoms with E-state index in [1.165, 1.54) is 0 Å². The van der Waals surface area contributed by atoms with Gasteiger partial charge in [0.1, 0.15) is 6.26 Å². The second-order valence-corrected chi connectivity index (χ2v) is 7.10. The van der Waals surface area contributed by atoms with Crippen LogP contribution in [0.3, 0.4) is 0 Å². The molecule has 0 unspecified atom stereocenters. The van der Waals surface area contributed by atoms with Crippen LogP contribution in [-0.2, 0) is 25.3 Å². The third-order valence-corrected chi connectivity index (χ3v) is 5.25. The summed E-state index contributed by atoms with van der Waals surface area (Å²) in [5.74, 6) is 2.52. The Balaban J connectivity index is 1.37. The lowest BCUT2D eigenvalue weighted by Crippen LogP contribution is -2.49. The minimum Gasteiger partial charge on any atom is -0.364 e. The van der Waals surface area contributed by atoms with Crippen LogP contribution in [0, 0.1) is 5.92 Å². The van der Waals surface area contributed by atoms with Gasteiger partial charge in [-0.05, 0) is 11.3 Å². The van der Waals surface area contributed by atoms with Gasteiger partial charge >= 0.3 is 0 Å². The van der Waals surface area contributed by atoms with Crippen LogP contribution < -0.4 is 5.56 Å². The summed E-state index contributed by atoms with van der Waals surface area (Å²) in [7, 11) is 0. The molecule has 116 valence electrons. The van der Waals surface area contributed by atoms with Gasteiger partial charge in [-0.1, -0.05) is 5.16 Å². The Kier molecular flexibility index (Phi) is 3.75. The first-order valence-corrected chi connectivity index (χ1v) is 8.72. The van der Waals surface area contributed by atoms with E-state index in [1.807, 2.05) is 17.8 Å². The molecule has 0 atom stereocenters. The SMILES string of the molecule is O=c1cc2c(nn1CC1CN(Cc3ccon3)C1)CCSC2. The molecule has 0 bridgehead atoms. The van der Waals surface area contributed by atoms with Crippen LogP contribution in [0.25, 0.3) is 0 Å². The molecule has 22 heavy (non-hydrogen) atoms. The number of nitrogens with zero attached hydrogens (tertiary/aromatic N) is 4. The lowest BCUT2D eigenvalue weighted by Gasteiger charge is -2.38. The summed E-state index contributed by atoms with van der Waals surface area (Å²) in [4.78, 5) is 14.5. The van der Waals surface area contributed by atoms with E-state index in [0.717, 1.165) is 54.5 Å². The molecule has 0 radical (unpaired) electrons. The van der Waals surface area contributed by atoms with Gasteiger partial charge in [-0.25, -0.2) is 4.68 Å². The molecule has 2 aromatic rings. The highest BCUT2D eigenvalue weighted by molar-refractivity contribution is 7.98. The predicted molar refractivity (Wildman–Crippen MR) is 83.6 cm³/mol. The molecule has 4 heterocycles. The second-order valence-electron chi connectivity index (χ2n) is 5.99. The van der Waals surface area contributed by atoms with E-state index in [9.17, 15) is 4.79 Å². The fourth-order valence-corrected chi connectivity index (χ4v) is 4.05. The predicted octanol–water partition coefficient (Wildman–Crippen LogP) is 1.15. The Morgan fingerprint density at radius 2 is 2.32 bits per heavy atom. The summed E-state index contributed by atoms with van der Waals surface area (Å²) in [6.07, 6.45) is 2.57. The Morgan fingerprint density at radius 3 is 3.14 bits per heavy atom.